The Kier molecular flexibility index (Phi) is 5.60. The number of pyridine rings is 1. The number of aryl methyl sites for hydroxylation is 1. The summed E-state index contributed by atoms with van der Waals surface area (Å²) in [5.74, 6) is 0.349. The highest BCUT2D eigenvalue weighted by molar-refractivity contribution is 6.30. The Balaban J connectivity index is 1.58. The largest absolute Gasteiger partial charge is 0.367 e. The number of halogens is 1. The van der Waals surface area contributed by atoms with E-state index in [-0.39, 0.29) is 12.5 Å². The van der Waals surface area contributed by atoms with Gasteiger partial charge in [0.05, 0.1) is 6.61 Å². The number of imidazole rings is 1. The summed E-state index contributed by atoms with van der Waals surface area (Å²) >= 11 is 6.16. The van der Waals surface area contributed by atoms with Gasteiger partial charge in [-0.1, -0.05) is 54.1 Å². The predicted octanol–water partition coefficient (Wildman–Crippen LogP) is 5.12. The van der Waals surface area contributed by atoms with E-state index in [1.807, 2.05) is 78.2 Å². The van der Waals surface area contributed by atoms with Gasteiger partial charge in [-0.25, -0.2) is 4.98 Å². The zero-order valence-corrected chi connectivity index (χ0v) is 16.7. The maximum atomic E-state index is 12.6. The second-order valence-electron chi connectivity index (χ2n) is 6.78. The molecular weight excluding hydrogens is 386 g/mol. The molecule has 0 radical (unpaired) electrons. The molecule has 6 heteroatoms. The number of ether oxygens (including phenoxy) is 1. The number of fused-ring (bicyclic) bond motifs is 1. The third-order valence-corrected chi connectivity index (χ3v) is 4.72. The summed E-state index contributed by atoms with van der Waals surface area (Å²) in [6.07, 6.45) is 1.89. The highest BCUT2D eigenvalue weighted by Gasteiger charge is 2.17. The number of carbonyl (C=O) groups is 1. The number of benzene rings is 2. The lowest BCUT2D eigenvalue weighted by Gasteiger charge is -2.09. The SMILES string of the molecule is Cc1ccn2c(NC(=O)COCc3ccccc3)c(-c3cccc(Cl)c3)nc2c1. The molecule has 5 nitrogen and oxygen atoms in total. The van der Waals surface area contributed by atoms with Crippen LogP contribution in [0.25, 0.3) is 16.9 Å². The number of anilines is 1. The van der Waals surface area contributed by atoms with Gasteiger partial charge in [0.25, 0.3) is 5.91 Å². The number of amides is 1. The zero-order valence-electron chi connectivity index (χ0n) is 15.9. The third-order valence-electron chi connectivity index (χ3n) is 4.48. The van der Waals surface area contributed by atoms with Crippen molar-refractivity contribution in [2.24, 2.45) is 0 Å². The fourth-order valence-electron chi connectivity index (χ4n) is 3.11. The quantitative estimate of drug-likeness (QED) is 0.484. The summed E-state index contributed by atoms with van der Waals surface area (Å²) in [5.41, 5.74) is 4.35. The highest BCUT2D eigenvalue weighted by atomic mass is 35.5. The van der Waals surface area contributed by atoms with Gasteiger partial charge in [0.15, 0.2) is 0 Å². The Bertz CT molecular complexity index is 1160. The summed E-state index contributed by atoms with van der Waals surface area (Å²) in [6, 6.07) is 21.1. The van der Waals surface area contributed by atoms with Gasteiger partial charge in [-0.05, 0) is 42.3 Å². The average Bonchev–Trinajstić information content (AvgIpc) is 3.06. The minimum absolute atomic E-state index is 0.0526. The summed E-state index contributed by atoms with van der Waals surface area (Å²) < 4.78 is 7.42. The number of rotatable bonds is 6. The molecular formula is C23H20ClN3O2. The minimum atomic E-state index is -0.244. The molecule has 1 amide bonds. The van der Waals surface area contributed by atoms with E-state index in [9.17, 15) is 4.79 Å². The van der Waals surface area contributed by atoms with Crippen molar-refractivity contribution in [3.8, 4) is 11.3 Å². The highest BCUT2D eigenvalue weighted by Crippen LogP contribution is 2.30. The Morgan fingerprint density at radius 1 is 1.10 bits per heavy atom. The first-order valence-corrected chi connectivity index (χ1v) is 9.64. The Morgan fingerprint density at radius 2 is 1.93 bits per heavy atom. The lowest BCUT2D eigenvalue weighted by Crippen LogP contribution is -2.19. The van der Waals surface area contributed by atoms with Crippen LogP contribution >= 0.6 is 11.6 Å². The third kappa shape index (κ3) is 4.47. The van der Waals surface area contributed by atoms with Crippen molar-refractivity contribution < 1.29 is 9.53 Å². The molecule has 0 aliphatic rings. The number of nitrogens with one attached hydrogen (secondary N) is 1. The molecule has 0 aliphatic carbocycles. The van der Waals surface area contributed by atoms with Crippen molar-refractivity contribution in [3.63, 3.8) is 0 Å². The lowest BCUT2D eigenvalue weighted by atomic mass is 10.1. The predicted molar refractivity (Wildman–Crippen MR) is 115 cm³/mol. The summed E-state index contributed by atoms with van der Waals surface area (Å²) in [4.78, 5) is 17.3. The Labute approximate surface area is 173 Å². The molecule has 2 heterocycles. The maximum absolute atomic E-state index is 12.6. The van der Waals surface area contributed by atoms with Gasteiger partial charge in [0.1, 0.15) is 23.8 Å². The van der Waals surface area contributed by atoms with Crippen LogP contribution in [0.4, 0.5) is 5.82 Å². The molecule has 29 heavy (non-hydrogen) atoms. The zero-order chi connectivity index (χ0) is 20.2. The molecule has 0 aliphatic heterocycles. The number of nitrogens with zero attached hydrogens (tertiary/aromatic N) is 2. The van der Waals surface area contributed by atoms with Crippen molar-refractivity contribution in [1.82, 2.24) is 9.38 Å². The van der Waals surface area contributed by atoms with Gasteiger partial charge < -0.3 is 10.1 Å². The fourth-order valence-corrected chi connectivity index (χ4v) is 3.30. The number of hydrogen-bond acceptors (Lipinski definition) is 3. The minimum Gasteiger partial charge on any atom is -0.367 e. The van der Waals surface area contributed by atoms with Crippen molar-refractivity contribution >= 4 is 29.0 Å². The molecule has 0 spiro atoms. The molecule has 0 saturated carbocycles. The second kappa shape index (κ2) is 8.47. The fraction of sp³-hybridized carbons (Fsp3) is 0.130. The van der Waals surface area contributed by atoms with Gasteiger partial charge in [-0.3, -0.25) is 9.20 Å². The van der Waals surface area contributed by atoms with Crippen LogP contribution in [0.1, 0.15) is 11.1 Å². The van der Waals surface area contributed by atoms with E-state index in [1.165, 1.54) is 0 Å². The van der Waals surface area contributed by atoms with Crippen molar-refractivity contribution in [2.45, 2.75) is 13.5 Å². The normalized spacial score (nSPS) is 11.0. The number of hydrogen-bond donors (Lipinski definition) is 1. The van der Waals surface area contributed by atoms with Crippen LogP contribution in [0.5, 0.6) is 0 Å². The van der Waals surface area contributed by atoms with Gasteiger partial charge in [0.2, 0.25) is 0 Å². The number of carbonyl (C=O) groups excluding carboxylic acids is 1. The Hall–Kier alpha value is -3.15. The van der Waals surface area contributed by atoms with Gasteiger partial charge in [-0.2, -0.15) is 0 Å². The van der Waals surface area contributed by atoms with Crippen molar-refractivity contribution in [3.05, 3.63) is 89.1 Å². The van der Waals surface area contributed by atoms with Crippen LogP contribution in [-0.4, -0.2) is 21.9 Å². The smallest absolute Gasteiger partial charge is 0.251 e. The molecule has 146 valence electrons. The summed E-state index contributed by atoms with van der Waals surface area (Å²) in [5, 5.41) is 3.56. The van der Waals surface area contributed by atoms with E-state index in [4.69, 9.17) is 21.3 Å². The standard InChI is InChI=1S/C23H20ClN3O2/c1-16-10-11-27-20(12-16)25-22(18-8-5-9-19(24)13-18)23(27)26-21(28)15-29-14-17-6-3-2-4-7-17/h2-13H,14-15H2,1H3,(H,26,28). The number of aromatic nitrogens is 2. The Morgan fingerprint density at radius 3 is 2.72 bits per heavy atom. The molecule has 4 rings (SSSR count). The second-order valence-corrected chi connectivity index (χ2v) is 7.21. The first-order chi connectivity index (χ1) is 14.1. The molecule has 0 fully saturated rings. The first-order valence-electron chi connectivity index (χ1n) is 9.26. The van der Waals surface area contributed by atoms with Crippen molar-refractivity contribution in [2.75, 3.05) is 11.9 Å². The summed E-state index contributed by atoms with van der Waals surface area (Å²) in [7, 11) is 0. The van der Waals surface area contributed by atoms with Crippen LogP contribution in [0.15, 0.2) is 72.9 Å². The summed E-state index contributed by atoms with van der Waals surface area (Å²) in [6.45, 7) is 2.33. The average molecular weight is 406 g/mol. The van der Waals surface area contributed by atoms with E-state index in [0.29, 0.717) is 23.1 Å². The van der Waals surface area contributed by atoms with Gasteiger partial charge in [-0.15, -0.1) is 0 Å². The molecule has 4 aromatic rings. The van der Waals surface area contributed by atoms with Crippen LogP contribution in [-0.2, 0) is 16.1 Å². The molecule has 1 N–H and O–H groups in total. The van der Waals surface area contributed by atoms with Gasteiger partial charge >= 0.3 is 0 Å². The first kappa shape index (κ1) is 19.2. The van der Waals surface area contributed by atoms with E-state index >= 15 is 0 Å². The van der Waals surface area contributed by atoms with E-state index < -0.39 is 0 Å². The van der Waals surface area contributed by atoms with E-state index in [2.05, 4.69) is 5.32 Å². The molecule has 2 aromatic heterocycles. The van der Waals surface area contributed by atoms with Crippen LogP contribution < -0.4 is 5.32 Å². The van der Waals surface area contributed by atoms with Crippen LogP contribution in [0, 0.1) is 6.92 Å². The molecule has 0 unspecified atom stereocenters. The lowest BCUT2D eigenvalue weighted by molar-refractivity contribution is -0.121. The van der Waals surface area contributed by atoms with E-state index in [1.54, 1.807) is 6.07 Å². The molecule has 0 saturated heterocycles. The molecule has 0 bridgehead atoms. The monoisotopic (exact) mass is 405 g/mol. The van der Waals surface area contributed by atoms with E-state index in [0.717, 1.165) is 22.3 Å². The molecule has 2 aromatic carbocycles. The molecule has 0 atom stereocenters. The van der Waals surface area contributed by atoms with Crippen LogP contribution in [0.3, 0.4) is 0 Å². The van der Waals surface area contributed by atoms with Crippen LogP contribution in [0.2, 0.25) is 5.02 Å². The van der Waals surface area contributed by atoms with Crippen molar-refractivity contribution in [1.29, 1.82) is 0 Å². The topological polar surface area (TPSA) is 55.6 Å². The maximum Gasteiger partial charge on any atom is 0.251 e. The van der Waals surface area contributed by atoms with Gasteiger partial charge in [0, 0.05) is 16.8 Å².